The van der Waals surface area contributed by atoms with Gasteiger partial charge in [-0.3, -0.25) is 9.59 Å². The number of nitrogens with zero attached hydrogens (tertiary/aromatic N) is 2. The first-order chi connectivity index (χ1) is 12.1. The van der Waals surface area contributed by atoms with E-state index < -0.39 is 0 Å². The molecule has 5 heteroatoms. The molecular weight excluding hydrogens is 314 g/mol. The van der Waals surface area contributed by atoms with Crippen molar-refractivity contribution in [2.75, 3.05) is 18.0 Å². The first-order valence-electron chi connectivity index (χ1n) is 8.95. The predicted molar refractivity (Wildman–Crippen MR) is 97.0 cm³/mol. The van der Waals surface area contributed by atoms with Crippen molar-refractivity contribution >= 4 is 22.4 Å². The predicted octanol–water partition coefficient (Wildman–Crippen LogP) is 3.37. The van der Waals surface area contributed by atoms with E-state index in [1.165, 1.54) is 12.8 Å². The van der Waals surface area contributed by atoms with Crippen molar-refractivity contribution in [1.82, 2.24) is 4.98 Å². The molecule has 1 N–H and O–H groups in total. The number of carbonyl (C=O) groups is 1. The van der Waals surface area contributed by atoms with Crippen LogP contribution in [0.3, 0.4) is 0 Å². The number of hydrogen-bond acceptors (Lipinski definition) is 4. The summed E-state index contributed by atoms with van der Waals surface area (Å²) in [5.74, 6) is 0.0631. The third kappa shape index (κ3) is 2.62. The number of carbonyl (C=O) groups excluding carboxylic acids is 1. The van der Waals surface area contributed by atoms with Crippen molar-refractivity contribution in [3.8, 4) is 6.07 Å². The standard InChI is InChI=1S/C20H21N3O2/c1-2-17(24)13-3-4-16-14(11-13)18(15(12-21)19(25)22-16)23-9-7-20(5-6-20)8-10-23/h3-4,11H,2,5-10H2,1H3,(H,22,25). The van der Waals surface area contributed by atoms with Gasteiger partial charge in [0.25, 0.3) is 5.56 Å². The summed E-state index contributed by atoms with van der Waals surface area (Å²) in [7, 11) is 0. The van der Waals surface area contributed by atoms with E-state index in [0.717, 1.165) is 31.3 Å². The van der Waals surface area contributed by atoms with Gasteiger partial charge in [0, 0.05) is 30.5 Å². The van der Waals surface area contributed by atoms with Crippen LogP contribution in [0.5, 0.6) is 0 Å². The van der Waals surface area contributed by atoms with Crippen molar-refractivity contribution in [2.45, 2.75) is 39.0 Å². The molecule has 0 atom stereocenters. The second-order valence-corrected chi connectivity index (χ2v) is 7.31. The summed E-state index contributed by atoms with van der Waals surface area (Å²) in [6, 6.07) is 7.43. The molecule has 0 radical (unpaired) electrons. The molecule has 128 valence electrons. The van der Waals surface area contributed by atoms with Crippen molar-refractivity contribution in [2.24, 2.45) is 5.41 Å². The van der Waals surface area contributed by atoms with E-state index in [9.17, 15) is 14.9 Å². The quantitative estimate of drug-likeness (QED) is 0.873. The third-order valence-corrected chi connectivity index (χ3v) is 5.84. The van der Waals surface area contributed by atoms with Crippen LogP contribution in [0.1, 0.15) is 54.9 Å². The highest BCUT2D eigenvalue weighted by Crippen LogP contribution is 2.54. The number of benzene rings is 1. The van der Waals surface area contributed by atoms with Crippen LogP contribution in [-0.2, 0) is 0 Å². The number of fused-ring (bicyclic) bond motifs is 1. The Labute approximate surface area is 146 Å². The fraction of sp³-hybridized carbons (Fsp3) is 0.450. The second-order valence-electron chi connectivity index (χ2n) is 7.31. The van der Waals surface area contributed by atoms with Crippen LogP contribution < -0.4 is 10.5 Å². The van der Waals surface area contributed by atoms with Gasteiger partial charge in [-0.2, -0.15) is 5.26 Å². The number of rotatable bonds is 3. The van der Waals surface area contributed by atoms with Gasteiger partial charge in [-0.1, -0.05) is 6.92 Å². The Bertz CT molecular complexity index is 953. The molecule has 2 aliphatic rings. The van der Waals surface area contributed by atoms with Crippen molar-refractivity contribution in [1.29, 1.82) is 5.26 Å². The molecule has 1 spiro atoms. The van der Waals surface area contributed by atoms with Crippen molar-refractivity contribution in [3.05, 3.63) is 39.7 Å². The summed E-state index contributed by atoms with van der Waals surface area (Å²) in [5.41, 5.74) is 2.32. The van der Waals surface area contributed by atoms with Gasteiger partial charge in [-0.15, -0.1) is 0 Å². The smallest absolute Gasteiger partial charge is 0.268 e. The van der Waals surface area contributed by atoms with E-state index in [0.29, 0.717) is 28.6 Å². The van der Waals surface area contributed by atoms with E-state index >= 15 is 0 Å². The number of aromatic nitrogens is 1. The molecule has 4 rings (SSSR count). The van der Waals surface area contributed by atoms with Gasteiger partial charge in [0.1, 0.15) is 11.6 Å². The monoisotopic (exact) mass is 335 g/mol. The van der Waals surface area contributed by atoms with Crippen molar-refractivity contribution in [3.63, 3.8) is 0 Å². The summed E-state index contributed by atoms with van der Waals surface area (Å²) >= 11 is 0. The molecule has 1 aliphatic heterocycles. The molecule has 0 unspecified atom stereocenters. The lowest BCUT2D eigenvalue weighted by Gasteiger charge is -2.34. The lowest BCUT2D eigenvalue weighted by Crippen LogP contribution is -2.36. The van der Waals surface area contributed by atoms with E-state index in [1.54, 1.807) is 12.1 Å². The molecule has 5 nitrogen and oxygen atoms in total. The number of H-pyrrole nitrogens is 1. The van der Waals surface area contributed by atoms with E-state index in [2.05, 4.69) is 16.0 Å². The number of nitrogens with one attached hydrogen (secondary N) is 1. The van der Waals surface area contributed by atoms with E-state index in [1.807, 2.05) is 13.0 Å². The largest absolute Gasteiger partial charge is 0.370 e. The Kier molecular flexibility index (Phi) is 3.64. The highest BCUT2D eigenvalue weighted by atomic mass is 16.1. The Hall–Kier alpha value is -2.61. The molecule has 0 amide bonds. The maximum atomic E-state index is 12.4. The first-order valence-corrected chi connectivity index (χ1v) is 8.95. The molecular formula is C20H21N3O2. The maximum absolute atomic E-state index is 12.4. The minimum Gasteiger partial charge on any atom is -0.370 e. The Balaban J connectivity index is 1.88. The van der Waals surface area contributed by atoms with Gasteiger partial charge in [0.05, 0.1) is 11.2 Å². The highest BCUT2D eigenvalue weighted by molar-refractivity contribution is 6.03. The Morgan fingerprint density at radius 2 is 2.00 bits per heavy atom. The van der Waals surface area contributed by atoms with Crippen molar-refractivity contribution < 1.29 is 4.79 Å². The summed E-state index contributed by atoms with van der Waals surface area (Å²) in [6.07, 6.45) is 5.26. The molecule has 1 aromatic heterocycles. The van der Waals surface area contributed by atoms with Crippen LogP contribution >= 0.6 is 0 Å². The van der Waals surface area contributed by atoms with Crippen LogP contribution in [-0.4, -0.2) is 23.9 Å². The molecule has 1 aliphatic carbocycles. The van der Waals surface area contributed by atoms with Crippen LogP contribution in [0.4, 0.5) is 5.69 Å². The summed E-state index contributed by atoms with van der Waals surface area (Å²) in [4.78, 5) is 29.4. The zero-order valence-corrected chi connectivity index (χ0v) is 14.4. The minimum atomic E-state index is -0.355. The molecule has 1 saturated carbocycles. The number of anilines is 1. The van der Waals surface area contributed by atoms with Crippen LogP contribution in [0.25, 0.3) is 10.9 Å². The average Bonchev–Trinajstić information content (AvgIpc) is 3.39. The fourth-order valence-electron chi connectivity index (χ4n) is 3.97. The number of ketones is 1. The number of Topliss-reactive ketones (excluding diaryl/α,β-unsaturated/α-hetero) is 1. The topological polar surface area (TPSA) is 77.0 Å². The Morgan fingerprint density at radius 1 is 1.28 bits per heavy atom. The molecule has 2 heterocycles. The Morgan fingerprint density at radius 3 is 2.60 bits per heavy atom. The number of aromatic amines is 1. The first kappa shape index (κ1) is 15.9. The van der Waals surface area contributed by atoms with Gasteiger partial charge < -0.3 is 9.88 Å². The fourth-order valence-corrected chi connectivity index (χ4v) is 3.97. The van der Waals surface area contributed by atoms with Gasteiger partial charge in [-0.05, 0) is 49.3 Å². The normalized spacial score (nSPS) is 18.3. The number of pyridine rings is 1. The number of nitriles is 1. The zero-order valence-electron chi connectivity index (χ0n) is 14.4. The molecule has 25 heavy (non-hydrogen) atoms. The van der Waals surface area contributed by atoms with E-state index in [4.69, 9.17) is 0 Å². The molecule has 1 saturated heterocycles. The van der Waals surface area contributed by atoms with Crippen LogP contribution in [0.15, 0.2) is 23.0 Å². The summed E-state index contributed by atoms with van der Waals surface area (Å²) in [6.45, 7) is 3.55. The number of hydrogen-bond donors (Lipinski definition) is 1. The SMILES string of the molecule is CCC(=O)c1ccc2[nH]c(=O)c(C#N)c(N3CCC4(CC3)CC4)c2c1. The summed E-state index contributed by atoms with van der Waals surface area (Å²) in [5, 5.41) is 10.4. The molecule has 2 aromatic rings. The highest BCUT2D eigenvalue weighted by Gasteiger charge is 2.44. The van der Waals surface area contributed by atoms with Crippen LogP contribution in [0, 0.1) is 16.7 Å². The zero-order chi connectivity index (χ0) is 17.6. The van der Waals surface area contributed by atoms with E-state index in [-0.39, 0.29) is 16.9 Å². The van der Waals surface area contributed by atoms with Gasteiger partial charge in [0.15, 0.2) is 5.78 Å². The lowest BCUT2D eigenvalue weighted by atomic mass is 9.92. The van der Waals surface area contributed by atoms with Crippen LogP contribution in [0.2, 0.25) is 0 Å². The average molecular weight is 335 g/mol. The third-order valence-electron chi connectivity index (χ3n) is 5.84. The van der Waals surface area contributed by atoms with Gasteiger partial charge >= 0.3 is 0 Å². The lowest BCUT2D eigenvalue weighted by molar-refractivity contribution is 0.0988. The van der Waals surface area contributed by atoms with Gasteiger partial charge in [0.2, 0.25) is 0 Å². The molecule has 0 bridgehead atoms. The molecule has 1 aromatic carbocycles. The summed E-state index contributed by atoms with van der Waals surface area (Å²) < 4.78 is 0. The number of piperidine rings is 1. The minimum absolute atomic E-state index is 0.0631. The maximum Gasteiger partial charge on any atom is 0.268 e. The molecule has 2 fully saturated rings. The van der Waals surface area contributed by atoms with Gasteiger partial charge in [-0.25, -0.2) is 0 Å². The second kappa shape index (κ2) is 5.73.